The van der Waals surface area contributed by atoms with Crippen molar-refractivity contribution in [2.45, 2.75) is 27.3 Å². The van der Waals surface area contributed by atoms with Crippen molar-refractivity contribution in [1.82, 2.24) is 15.3 Å². The molecule has 0 fully saturated rings. The molecule has 2 aromatic rings. The van der Waals surface area contributed by atoms with Crippen LogP contribution in [-0.2, 0) is 6.54 Å². The maximum atomic E-state index is 12.1. The zero-order chi connectivity index (χ0) is 15.9. The van der Waals surface area contributed by atoms with E-state index in [-0.39, 0.29) is 5.91 Å². The van der Waals surface area contributed by atoms with Gasteiger partial charge in [0, 0.05) is 19.2 Å². The normalized spacial score (nSPS) is 10.5. The lowest BCUT2D eigenvalue weighted by Gasteiger charge is -2.09. The van der Waals surface area contributed by atoms with Gasteiger partial charge in [-0.25, -0.2) is 9.97 Å². The van der Waals surface area contributed by atoms with Gasteiger partial charge in [-0.15, -0.1) is 0 Å². The summed E-state index contributed by atoms with van der Waals surface area (Å²) in [6, 6.07) is 9.74. The molecule has 2 rings (SSSR count). The highest BCUT2D eigenvalue weighted by Crippen LogP contribution is 2.06. The molecule has 0 aliphatic heterocycles. The largest absolute Gasteiger partial charge is 0.370 e. The molecule has 0 aliphatic rings. The van der Waals surface area contributed by atoms with Gasteiger partial charge >= 0.3 is 0 Å². The first-order valence-electron chi connectivity index (χ1n) is 7.44. The Labute approximate surface area is 131 Å². The second kappa shape index (κ2) is 7.54. The molecule has 1 amide bonds. The number of benzene rings is 1. The fourth-order valence-electron chi connectivity index (χ4n) is 1.87. The zero-order valence-electron chi connectivity index (χ0n) is 13.3. The maximum Gasteiger partial charge on any atom is 0.270 e. The van der Waals surface area contributed by atoms with Crippen molar-refractivity contribution in [2.24, 2.45) is 5.92 Å². The highest BCUT2D eigenvalue weighted by molar-refractivity contribution is 5.92. The van der Waals surface area contributed by atoms with E-state index in [1.54, 1.807) is 6.07 Å². The Hall–Kier alpha value is -2.43. The van der Waals surface area contributed by atoms with Crippen LogP contribution in [0.1, 0.15) is 35.5 Å². The van der Waals surface area contributed by atoms with Gasteiger partial charge in [0.2, 0.25) is 0 Å². The third-order valence-corrected chi connectivity index (χ3v) is 3.16. The number of aryl methyl sites for hydroxylation is 1. The molecule has 5 heteroatoms. The number of anilines is 1. The van der Waals surface area contributed by atoms with Crippen LogP contribution in [0.25, 0.3) is 0 Å². The van der Waals surface area contributed by atoms with Crippen LogP contribution in [0.2, 0.25) is 0 Å². The molecule has 1 aromatic heterocycles. The van der Waals surface area contributed by atoms with Gasteiger partial charge in [-0.05, 0) is 18.4 Å². The smallest absolute Gasteiger partial charge is 0.270 e. The number of aromatic nitrogens is 2. The van der Waals surface area contributed by atoms with Crippen LogP contribution in [0.3, 0.4) is 0 Å². The lowest BCUT2D eigenvalue weighted by atomic mass is 10.1. The summed E-state index contributed by atoms with van der Waals surface area (Å²) < 4.78 is 0. The Morgan fingerprint density at radius 3 is 2.59 bits per heavy atom. The molecular weight excluding hydrogens is 276 g/mol. The number of carbonyl (C=O) groups excluding carboxylic acids is 1. The third kappa shape index (κ3) is 4.84. The Morgan fingerprint density at radius 1 is 1.18 bits per heavy atom. The molecule has 1 aromatic carbocycles. The van der Waals surface area contributed by atoms with Crippen LogP contribution in [0.4, 0.5) is 5.82 Å². The van der Waals surface area contributed by atoms with Crippen LogP contribution in [-0.4, -0.2) is 22.4 Å². The van der Waals surface area contributed by atoms with Crippen molar-refractivity contribution in [2.75, 3.05) is 11.9 Å². The molecule has 0 aliphatic carbocycles. The van der Waals surface area contributed by atoms with Crippen molar-refractivity contribution < 1.29 is 4.79 Å². The van der Waals surface area contributed by atoms with Crippen LogP contribution in [0.5, 0.6) is 0 Å². The van der Waals surface area contributed by atoms with E-state index in [1.165, 1.54) is 11.9 Å². The average Bonchev–Trinajstić information content (AvgIpc) is 2.52. The lowest BCUT2D eigenvalue weighted by Crippen LogP contribution is -2.24. The zero-order valence-corrected chi connectivity index (χ0v) is 13.3. The molecule has 0 spiro atoms. The third-order valence-electron chi connectivity index (χ3n) is 3.16. The highest BCUT2D eigenvalue weighted by Gasteiger charge is 2.08. The fraction of sp³-hybridized carbons (Fsp3) is 0.353. The van der Waals surface area contributed by atoms with Crippen molar-refractivity contribution in [3.8, 4) is 0 Å². The molecule has 1 heterocycles. The number of nitrogens with one attached hydrogen (secondary N) is 2. The minimum Gasteiger partial charge on any atom is -0.370 e. The summed E-state index contributed by atoms with van der Waals surface area (Å²) in [5.41, 5.74) is 2.63. The van der Waals surface area contributed by atoms with E-state index in [4.69, 9.17) is 0 Å². The van der Waals surface area contributed by atoms with Gasteiger partial charge in [0.1, 0.15) is 17.8 Å². The van der Waals surface area contributed by atoms with Gasteiger partial charge in [0.05, 0.1) is 0 Å². The monoisotopic (exact) mass is 298 g/mol. The number of amides is 1. The van der Waals surface area contributed by atoms with E-state index in [0.29, 0.717) is 24.0 Å². The Kier molecular flexibility index (Phi) is 5.47. The molecule has 0 unspecified atom stereocenters. The summed E-state index contributed by atoms with van der Waals surface area (Å²) in [6.45, 7) is 7.56. The van der Waals surface area contributed by atoms with E-state index < -0.39 is 0 Å². The second-order valence-electron chi connectivity index (χ2n) is 5.73. The first-order chi connectivity index (χ1) is 10.5. The molecule has 0 bridgehead atoms. The summed E-state index contributed by atoms with van der Waals surface area (Å²) in [7, 11) is 0. The standard InChI is InChI=1S/C17H22N4O/c1-12(2)9-18-16-8-15(20-11-21-16)17(22)19-10-14-6-4-13(3)5-7-14/h4-8,11-12H,9-10H2,1-3H3,(H,19,22)(H,18,20,21). The summed E-state index contributed by atoms with van der Waals surface area (Å²) in [5.74, 6) is 0.980. The summed E-state index contributed by atoms with van der Waals surface area (Å²) >= 11 is 0. The number of hydrogen-bond donors (Lipinski definition) is 2. The fourth-order valence-corrected chi connectivity index (χ4v) is 1.87. The number of nitrogens with zero attached hydrogens (tertiary/aromatic N) is 2. The van der Waals surface area contributed by atoms with Crippen LogP contribution in [0.15, 0.2) is 36.7 Å². The minimum atomic E-state index is -0.199. The average molecular weight is 298 g/mol. The first kappa shape index (κ1) is 15.9. The molecule has 0 radical (unpaired) electrons. The quantitative estimate of drug-likeness (QED) is 0.860. The van der Waals surface area contributed by atoms with Gasteiger partial charge in [0.25, 0.3) is 5.91 Å². The van der Waals surface area contributed by atoms with Gasteiger partial charge < -0.3 is 10.6 Å². The molecule has 0 saturated heterocycles. The molecule has 0 saturated carbocycles. The van der Waals surface area contributed by atoms with E-state index in [0.717, 1.165) is 12.1 Å². The first-order valence-corrected chi connectivity index (χ1v) is 7.44. The number of carbonyl (C=O) groups is 1. The van der Waals surface area contributed by atoms with Gasteiger partial charge in [0.15, 0.2) is 0 Å². The van der Waals surface area contributed by atoms with Gasteiger partial charge in [-0.3, -0.25) is 4.79 Å². The minimum absolute atomic E-state index is 0.199. The molecule has 116 valence electrons. The number of rotatable bonds is 6. The Morgan fingerprint density at radius 2 is 1.91 bits per heavy atom. The van der Waals surface area contributed by atoms with Crippen LogP contribution >= 0.6 is 0 Å². The highest BCUT2D eigenvalue weighted by atomic mass is 16.1. The van der Waals surface area contributed by atoms with Crippen molar-refractivity contribution >= 4 is 11.7 Å². The summed E-state index contributed by atoms with van der Waals surface area (Å²) in [6.07, 6.45) is 1.41. The van der Waals surface area contributed by atoms with Gasteiger partial charge in [-0.1, -0.05) is 43.7 Å². The number of hydrogen-bond acceptors (Lipinski definition) is 4. The van der Waals surface area contributed by atoms with Crippen molar-refractivity contribution in [3.05, 3.63) is 53.5 Å². The molecule has 5 nitrogen and oxygen atoms in total. The van der Waals surface area contributed by atoms with E-state index >= 15 is 0 Å². The van der Waals surface area contributed by atoms with E-state index in [9.17, 15) is 4.79 Å². The van der Waals surface area contributed by atoms with Gasteiger partial charge in [-0.2, -0.15) is 0 Å². The molecule has 0 atom stereocenters. The SMILES string of the molecule is Cc1ccc(CNC(=O)c2cc(NCC(C)C)ncn2)cc1. The maximum absolute atomic E-state index is 12.1. The van der Waals surface area contributed by atoms with Crippen molar-refractivity contribution in [3.63, 3.8) is 0 Å². The lowest BCUT2D eigenvalue weighted by molar-refractivity contribution is 0.0946. The van der Waals surface area contributed by atoms with Crippen molar-refractivity contribution in [1.29, 1.82) is 0 Å². The summed E-state index contributed by atoms with van der Waals surface area (Å²) in [4.78, 5) is 20.3. The second-order valence-corrected chi connectivity index (χ2v) is 5.73. The summed E-state index contributed by atoms with van der Waals surface area (Å²) in [5, 5.41) is 6.06. The van der Waals surface area contributed by atoms with Crippen LogP contribution in [0, 0.1) is 12.8 Å². The van der Waals surface area contributed by atoms with Crippen LogP contribution < -0.4 is 10.6 Å². The Balaban J connectivity index is 1.94. The predicted octanol–water partition coefficient (Wildman–Crippen LogP) is 2.78. The molecule has 2 N–H and O–H groups in total. The van der Waals surface area contributed by atoms with E-state index in [2.05, 4.69) is 34.4 Å². The molecule has 22 heavy (non-hydrogen) atoms. The molecular formula is C17H22N4O. The topological polar surface area (TPSA) is 66.9 Å². The van der Waals surface area contributed by atoms with E-state index in [1.807, 2.05) is 31.2 Å². The predicted molar refractivity (Wildman–Crippen MR) is 87.7 cm³/mol. The Bertz CT molecular complexity index is 623.